The molecule has 0 amide bonds. The Labute approximate surface area is 157 Å². The van der Waals surface area contributed by atoms with E-state index in [-0.39, 0.29) is 5.56 Å². The smallest absolute Gasteiger partial charge is 0.255 e. The van der Waals surface area contributed by atoms with Crippen molar-refractivity contribution in [2.45, 2.75) is 19.5 Å². The van der Waals surface area contributed by atoms with Gasteiger partial charge in [-0.1, -0.05) is 18.1 Å². The third-order valence-corrected chi connectivity index (χ3v) is 4.86. The van der Waals surface area contributed by atoms with Gasteiger partial charge in [0.05, 0.1) is 11.3 Å². The molecule has 134 valence electrons. The van der Waals surface area contributed by atoms with E-state index in [1.807, 2.05) is 48.5 Å². The summed E-state index contributed by atoms with van der Waals surface area (Å²) in [5.41, 5.74) is 10.9. The van der Waals surface area contributed by atoms with Crippen molar-refractivity contribution >= 4 is 5.69 Å². The Hall–Kier alpha value is -3.36. The lowest BCUT2D eigenvalue weighted by atomic mass is 10.0. The van der Waals surface area contributed by atoms with Crippen LogP contribution in [0.3, 0.4) is 0 Å². The second-order valence-electron chi connectivity index (χ2n) is 6.76. The minimum absolute atomic E-state index is 0.0702. The Morgan fingerprint density at radius 2 is 1.89 bits per heavy atom. The number of aromatic nitrogens is 2. The van der Waals surface area contributed by atoms with E-state index < -0.39 is 0 Å². The molecule has 0 aliphatic carbocycles. The number of nitrogen functional groups attached to an aromatic ring is 1. The fourth-order valence-electron chi connectivity index (χ4n) is 3.36. The van der Waals surface area contributed by atoms with Crippen molar-refractivity contribution in [3.05, 3.63) is 81.3 Å². The van der Waals surface area contributed by atoms with Gasteiger partial charge in [-0.2, -0.15) is 0 Å². The van der Waals surface area contributed by atoms with Crippen molar-refractivity contribution in [3.63, 3.8) is 0 Å². The van der Waals surface area contributed by atoms with Crippen LogP contribution < -0.4 is 11.3 Å². The van der Waals surface area contributed by atoms with E-state index in [1.54, 1.807) is 0 Å². The molecule has 3 N–H and O–H groups in total. The van der Waals surface area contributed by atoms with Gasteiger partial charge in [0.2, 0.25) is 0 Å². The first-order valence-corrected chi connectivity index (χ1v) is 8.88. The minimum atomic E-state index is -0.0702. The number of rotatable bonds is 3. The summed E-state index contributed by atoms with van der Waals surface area (Å²) in [7, 11) is 0. The first-order chi connectivity index (χ1) is 13.1. The molecule has 0 spiro atoms. The van der Waals surface area contributed by atoms with Crippen LogP contribution in [0.4, 0.5) is 5.69 Å². The maximum absolute atomic E-state index is 12.6. The number of nitrogens with one attached hydrogen (secondary N) is 1. The number of benzene rings is 2. The monoisotopic (exact) mass is 356 g/mol. The van der Waals surface area contributed by atoms with Gasteiger partial charge in [0.15, 0.2) is 0 Å². The number of hydrogen-bond donors (Lipinski definition) is 2. The molecule has 1 aromatic heterocycles. The van der Waals surface area contributed by atoms with Gasteiger partial charge in [-0.05, 0) is 42.0 Å². The third-order valence-electron chi connectivity index (χ3n) is 4.86. The zero-order valence-electron chi connectivity index (χ0n) is 14.9. The molecule has 0 fully saturated rings. The van der Waals surface area contributed by atoms with Crippen LogP contribution in [0.2, 0.25) is 0 Å². The molecule has 1 aliphatic heterocycles. The minimum Gasteiger partial charge on any atom is -0.399 e. The Morgan fingerprint density at radius 1 is 1.15 bits per heavy atom. The highest BCUT2D eigenvalue weighted by Crippen LogP contribution is 2.21. The Kier molecular flexibility index (Phi) is 4.49. The normalized spacial score (nSPS) is 13.7. The number of fused-ring (bicyclic) bond motifs is 1. The van der Waals surface area contributed by atoms with Gasteiger partial charge in [-0.3, -0.25) is 9.69 Å². The van der Waals surface area contributed by atoms with Crippen molar-refractivity contribution in [1.29, 1.82) is 0 Å². The third kappa shape index (κ3) is 3.62. The average molecular weight is 356 g/mol. The van der Waals surface area contributed by atoms with E-state index in [2.05, 4.69) is 15.8 Å². The molecule has 5 nitrogen and oxygen atoms in total. The van der Waals surface area contributed by atoms with E-state index in [1.165, 1.54) is 5.56 Å². The van der Waals surface area contributed by atoms with Crippen LogP contribution >= 0.6 is 0 Å². The van der Waals surface area contributed by atoms with Crippen molar-refractivity contribution in [2.75, 3.05) is 12.3 Å². The molecule has 0 radical (unpaired) electrons. The molecule has 2 heterocycles. The molecule has 0 saturated heterocycles. The predicted molar refractivity (Wildman–Crippen MR) is 107 cm³/mol. The molecule has 2 aromatic carbocycles. The topological polar surface area (TPSA) is 75.0 Å². The second-order valence-corrected chi connectivity index (χ2v) is 6.76. The van der Waals surface area contributed by atoms with Crippen LogP contribution in [0.5, 0.6) is 0 Å². The second kappa shape index (κ2) is 7.10. The molecule has 0 atom stereocenters. The molecule has 3 aromatic rings. The van der Waals surface area contributed by atoms with Crippen LogP contribution in [0.25, 0.3) is 11.4 Å². The Morgan fingerprint density at radius 3 is 2.59 bits per heavy atom. The van der Waals surface area contributed by atoms with E-state index in [9.17, 15) is 4.79 Å². The molecule has 1 aliphatic rings. The molecule has 0 saturated carbocycles. The number of nitrogens with two attached hydrogens (primary N) is 1. The Bertz CT molecular complexity index is 1060. The SMILES string of the molecule is C#Cc1ccc(CN2CCc3nc(-c4ccc(N)cc4)[nH]c(=O)c3C2)cc1. The van der Waals surface area contributed by atoms with Crippen LogP contribution in [0, 0.1) is 12.3 Å². The van der Waals surface area contributed by atoms with Gasteiger partial charge < -0.3 is 10.7 Å². The molecule has 4 rings (SSSR count). The zero-order valence-corrected chi connectivity index (χ0v) is 14.9. The van der Waals surface area contributed by atoms with Crippen molar-refractivity contribution < 1.29 is 0 Å². The highest BCUT2D eigenvalue weighted by atomic mass is 16.1. The first kappa shape index (κ1) is 17.1. The van der Waals surface area contributed by atoms with Gasteiger partial charge in [-0.25, -0.2) is 4.98 Å². The quantitative estimate of drug-likeness (QED) is 0.559. The summed E-state index contributed by atoms with van der Waals surface area (Å²) in [6.07, 6.45) is 6.16. The summed E-state index contributed by atoms with van der Waals surface area (Å²) in [5, 5.41) is 0. The van der Waals surface area contributed by atoms with Gasteiger partial charge in [0, 0.05) is 42.9 Å². The van der Waals surface area contributed by atoms with E-state index in [0.29, 0.717) is 18.1 Å². The van der Waals surface area contributed by atoms with E-state index in [4.69, 9.17) is 17.1 Å². The Balaban J connectivity index is 1.55. The fraction of sp³-hybridized carbons (Fsp3) is 0.182. The van der Waals surface area contributed by atoms with E-state index >= 15 is 0 Å². The first-order valence-electron chi connectivity index (χ1n) is 8.88. The summed E-state index contributed by atoms with van der Waals surface area (Å²) in [6.45, 7) is 2.24. The zero-order chi connectivity index (χ0) is 18.8. The molecule has 27 heavy (non-hydrogen) atoms. The summed E-state index contributed by atoms with van der Waals surface area (Å²) in [6, 6.07) is 15.3. The van der Waals surface area contributed by atoms with Gasteiger partial charge in [0.25, 0.3) is 5.56 Å². The molecule has 0 unspecified atom stereocenters. The van der Waals surface area contributed by atoms with Crippen molar-refractivity contribution in [2.24, 2.45) is 0 Å². The van der Waals surface area contributed by atoms with Gasteiger partial charge in [0.1, 0.15) is 5.82 Å². The summed E-state index contributed by atoms with van der Waals surface area (Å²) < 4.78 is 0. The number of aromatic amines is 1. The number of terminal acetylenes is 1. The lowest BCUT2D eigenvalue weighted by molar-refractivity contribution is 0.242. The van der Waals surface area contributed by atoms with Gasteiger partial charge >= 0.3 is 0 Å². The highest BCUT2D eigenvalue weighted by molar-refractivity contribution is 5.58. The molecular weight excluding hydrogens is 336 g/mol. The lowest BCUT2D eigenvalue weighted by Crippen LogP contribution is -2.35. The van der Waals surface area contributed by atoms with Crippen molar-refractivity contribution in [3.8, 4) is 23.7 Å². The van der Waals surface area contributed by atoms with Gasteiger partial charge in [-0.15, -0.1) is 6.42 Å². The standard InChI is InChI=1S/C22H20N4O/c1-2-15-3-5-16(6-4-15)13-26-12-11-20-19(14-26)22(27)25-21(24-20)17-7-9-18(23)10-8-17/h1,3-10H,11-14,23H2,(H,24,25,27). The van der Waals surface area contributed by atoms with Crippen LogP contribution in [-0.4, -0.2) is 21.4 Å². The number of nitrogens with zero attached hydrogens (tertiary/aromatic N) is 2. The number of H-pyrrole nitrogens is 1. The average Bonchev–Trinajstić information content (AvgIpc) is 2.69. The lowest BCUT2D eigenvalue weighted by Gasteiger charge is -2.27. The largest absolute Gasteiger partial charge is 0.399 e. The highest BCUT2D eigenvalue weighted by Gasteiger charge is 2.21. The number of anilines is 1. The summed E-state index contributed by atoms with van der Waals surface area (Å²) in [5.74, 6) is 3.22. The molecular formula is C22H20N4O. The molecule has 5 heteroatoms. The summed E-state index contributed by atoms with van der Waals surface area (Å²) >= 11 is 0. The fourth-order valence-corrected chi connectivity index (χ4v) is 3.36. The van der Waals surface area contributed by atoms with Crippen LogP contribution in [-0.2, 0) is 19.5 Å². The summed E-state index contributed by atoms with van der Waals surface area (Å²) in [4.78, 5) is 22.5. The van der Waals surface area contributed by atoms with E-state index in [0.717, 1.165) is 41.9 Å². The van der Waals surface area contributed by atoms with Crippen LogP contribution in [0.1, 0.15) is 22.4 Å². The predicted octanol–water partition coefficient (Wildman–Crippen LogP) is 2.56. The van der Waals surface area contributed by atoms with Crippen LogP contribution in [0.15, 0.2) is 53.3 Å². The number of hydrogen-bond acceptors (Lipinski definition) is 4. The maximum Gasteiger partial charge on any atom is 0.255 e. The maximum atomic E-state index is 12.6. The molecule has 0 bridgehead atoms. The van der Waals surface area contributed by atoms with Crippen molar-refractivity contribution in [1.82, 2.24) is 14.9 Å².